The summed E-state index contributed by atoms with van der Waals surface area (Å²) >= 11 is 0. The zero-order valence-electron chi connectivity index (χ0n) is 19.6. The summed E-state index contributed by atoms with van der Waals surface area (Å²) in [5.74, 6) is -1.09. The Kier molecular flexibility index (Phi) is 5.50. The molecular weight excluding hydrogens is 444 g/mol. The first-order valence-corrected chi connectivity index (χ1v) is 12.7. The Labute approximate surface area is 204 Å². The summed E-state index contributed by atoms with van der Waals surface area (Å²) in [4.78, 5) is 39.2. The van der Waals surface area contributed by atoms with Crippen molar-refractivity contribution in [2.45, 2.75) is 37.6 Å². The second-order valence-electron chi connectivity index (χ2n) is 10.4. The van der Waals surface area contributed by atoms with Crippen molar-refractivity contribution in [3.8, 4) is 11.1 Å². The van der Waals surface area contributed by atoms with E-state index in [0.717, 1.165) is 25.7 Å². The minimum atomic E-state index is -0.750. The Morgan fingerprint density at radius 2 is 1.51 bits per heavy atom. The van der Waals surface area contributed by atoms with Crippen LogP contribution in [0.2, 0.25) is 0 Å². The summed E-state index contributed by atoms with van der Waals surface area (Å²) in [5, 5.41) is 12.2. The minimum absolute atomic E-state index is 0.00422. The number of piperidine rings is 1. The largest absolute Gasteiger partial charge is 0.481 e. The molecule has 1 saturated heterocycles. The number of carbonyl (C=O) groups is 3. The van der Waals surface area contributed by atoms with Crippen molar-refractivity contribution in [1.29, 1.82) is 0 Å². The van der Waals surface area contributed by atoms with Crippen LogP contribution in [0.3, 0.4) is 0 Å². The monoisotopic (exact) mass is 474 g/mol. The third-order valence-corrected chi connectivity index (χ3v) is 8.52. The maximum absolute atomic E-state index is 13.3. The molecule has 2 aromatic rings. The number of hydrogen-bond donors (Lipinski definition) is 2. The van der Waals surface area contributed by atoms with E-state index in [1.165, 1.54) is 22.3 Å². The number of ether oxygens (including phenoxy) is 1. The summed E-state index contributed by atoms with van der Waals surface area (Å²) in [6.45, 7) is 1.29. The molecule has 6 rings (SSSR count). The zero-order valence-corrected chi connectivity index (χ0v) is 19.6. The van der Waals surface area contributed by atoms with Gasteiger partial charge in [0.25, 0.3) is 0 Å². The molecule has 1 aliphatic heterocycles. The predicted octanol–water partition coefficient (Wildman–Crippen LogP) is 3.87. The number of benzene rings is 2. The molecule has 5 atom stereocenters. The van der Waals surface area contributed by atoms with Crippen LogP contribution in [0.25, 0.3) is 11.1 Å². The van der Waals surface area contributed by atoms with E-state index in [0.29, 0.717) is 13.1 Å². The van der Waals surface area contributed by atoms with Crippen LogP contribution in [0.4, 0.5) is 4.79 Å². The van der Waals surface area contributed by atoms with Gasteiger partial charge in [-0.15, -0.1) is 0 Å². The van der Waals surface area contributed by atoms with Crippen LogP contribution in [0.1, 0.15) is 42.7 Å². The molecule has 2 saturated carbocycles. The van der Waals surface area contributed by atoms with Crippen LogP contribution in [0, 0.1) is 23.7 Å². The number of alkyl carbamates (subject to hydrolysis) is 1. The van der Waals surface area contributed by atoms with Crippen LogP contribution < -0.4 is 5.32 Å². The number of carboxylic acids is 1. The number of hydrogen-bond acceptors (Lipinski definition) is 4. The van der Waals surface area contributed by atoms with Gasteiger partial charge in [0.2, 0.25) is 5.91 Å². The molecule has 0 radical (unpaired) electrons. The van der Waals surface area contributed by atoms with Crippen molar-refractivity contribution in [3.63, 3.8) is 0 Å². The number of nitrogens with one attached hydrogen (secondary N) is 1. The third kappa shape index (κ3) is 3.87. The standard InChI is InChI=1S/C28H30N2O5/c31-26(30-13-21-22(14-30)25(21)27(32)33)20-11-5-6-12-24(20)29-28(34)35-15-23-18-9-3-1-7-16(18)17-8-2-4-10-19(17)23/h1-4,7-10,20-25H,5-6,11-15H2,(H,29,34)(H,32,33)/t20-,21-,22+,24+,25?/m1/s1. The highest BCUT2D eigenvalue weighted by atomic mass is 16.5. The summed E-state index contributed by atoms with van der Waals surface area (Å²) in [6, 6.07) is 16.2. The molecule has 0 aromatic heterocycles. The highest BCUT2D eigenvalue weighted by Crippen LogP contribution is 2.52. The summed E-state index contributed by atoms with van der Waals surface area (Å²) < 4.78 is 5.72. The fraction of sp³-hybridized carbons (Fsp3) is 0.464. The molecular formula is C28H30N2O5. The van der Waals surface area contributed by atoms with Gasteiger partial charge in [0.05, 0.1) is 11.8 Å². The fourth-order valence-electron chi connectivity index (χ4n) is 6.70. The molecule has 7 heteroatoms. The van der Waals surface area contributed by atoms with E-state index in [1.54, 1.807) is 0 Å². The molecule has 0 bridgehead atoms. The third-order valence-electron chi connectivity index (χ3n) is 8.52. The van der Waals surface area contributed by atoms with Gasteiger partial charge in [-0.25, -0.2) is 4.79 Å². The van der Waals surface area contributed by atoms with Crippen LogP contribution in [0.5, 0.6) is 0 Å². The topological polar surface area (TPSA) is 95.9 Å². The Balaban J connectivity index is 1.08. The molecule has 4 aliphatic rings. The molecule has 35 heavy (non-hydrogen) atoms. The lowest BCUT2D eigenvalue weighted by atomic mass is 9.83. The number of carbonyl (C=O) groups excluding carboxylic acids is 2. The SMILES string of the molecule is O=C(N[C@H]1CCCC[C@H]1C(=O)N1C[C@@H]2C(C(=O)O)[C@@H]2C1)OCC1c2ccccc2-c2ccccc21. The van der Waals surface area contributed by atoms with E-state index >= 15 is 0 Å². The van der Waals surface area contributed by atoms with Gasteiger partial charge in [-0.05, 0) is 46.9 Å². The number of fused-ring (bicyclic) bond motifs is 4. The number of rotatable bonds is 5. The van der Waals surface area contributed by atoms with Gasteiger partial charge >= 0.3 is 12.1 Å². The van der Waals surface area contributed by atoms with Crippen molar-refractivity contribution < 1.29 is 24.2 Å². The van der Waals surface area contributed by atoms with Crippen LogP contribution in [-0.4, -0.2) is 53.7 Å². The first kappa shape index (κ1) is 22.1. The van der Waals surface area contributed by atoms with Gasteiger partial charge in [0, 0.05) is 25.0 Å². The normalized spacial score (nSPS) is 28.6. The molecule has 7 nitrogen and oxygen atoms in total. The molecule has 2 aromatic carbocycles. The van der Waals surface area contributed by atoms with Crippen molar-refractivity contribution in [1.82, 2.24) is 10.2 Å². The van der Waals surface area contributed by atoms with Gasteiger partial charge in [0.15, 0.2) is 0 Å². The maximum atomic E-state index is 13.3. The van der Waals surface area contributed by atoms with Gasteiger partial charge in [-0.3, -0.25) is 9.59 Å². The van der Waals surface area contributed by atoms with Gasteiger partial charge in [0.1, 0.15) is 6.61 Å². The Morgan fingerprint density at radius 1 is 0.914 bits per heavy atom. The molecule has 2 N–H and O–H groups in total. The fourth-order valence-corrected chi connectivity index (χ4v) is 6.70. The Bertz CT molecular complexity index is 1120. The number of aliphatic carboxylic acids is 1. The Hall–Kier alpha value is -3.35. The van der Waals surface area contributed by atoms with E-state index < -0.39 is 12.1 Å². The molecule has 1 unspecified atom stereocenters. The number of likely N-dealkylation sites (tertiary alicyclic amines) is 1. The molecule has 182 valence electrons. The van der Waals surface area contributed by atoms with E-state index in [9.17, 15) is 19.5 Å². The highest BCUT2D eigenvalue weighted by Gasteiger charge is 2.61. The quantitative estimate of drug-likeness (QED) is 0.686. The zero-order chi connectivity index (χ0) is 24.1. The lowest BCUT2D eigenvalue weighted by molar-refractivity contribution is -0.142. The summed E-state index contributed by atoms with van der Waals surface area (Å²) in [5.41, 5.74) is 4.70. The second kappa shape index (κ2) is 8.70. The lowest BCUT2D eigenvalue weighted by Crippen LogP contribution is -2.50. The molecule has 3 aliphatic carbocycles. The summed E-state index contributed by atoms with van der Waals surface area (Å²) in [7, 11) is 0. The second-order valence-corrected chi connectivity index (χ2v) is 10.4. The highest BCUT2D eigenvalue weighted by molar-refractivity contribution is 5.83. The number of amides is 2. The van der Waals surface area contributed by atoms with Crippen molar-refractivity contribution in [3.05, 3.63) is 59.7 Å². The van der Waals surface area contributed by atoms with E-state index in [-0.39, 0.29) is 48.1 Å². The molecule has 1 heterocycles. The van der Waals surface area contributed by atoms with Crippen LogP contribution >= 0.6 is 0 Å². The average molecular weight is 475 g/mol. The molecule has 0 spiro atoms. The number of carboxylic acid groups (broad SMARTS) is 1. The number of nitrogens with zero attached hydrogens (tertiary/aromatic N) is 1. The minimum Gasteiger partial charge on any atom is -0.481 e. The smallest absolute Gasteiger partial charge is 0.407 e. The van der Waals surface area contributed by atoms with Crippen molar-refractivity contribution >= 4 is 18.0 Å². The van der Waals surface area contributed by atoms with Crippen LogP contribution in [0.15, 0.2) is 48.5 Å². The van der Waals surface area contributed by atoms with E-state index in [1.807, 2.05) is 29.2 Å². The van der Waals surface area contributed by atoms with Crippen molar-refractivity contribution in [2.75, 3.05) is 19.7 Å². The summed E-state index contributed by atoms with van der Waals surface area (Å²) in [6.07, 6.45) is 2.93. The first-order valence-electron chi connectivity index (χ1n) is 12.7. The van der Waals surface area contributed by atoms with Gasteiger partial charge in [-0.1, -0.05) is 61.4 Å². The van der Waals surface area contributed by atoms with Gasteiger partial charge < -0.3 is 20.1 Å². The van der Waals surface area contributed by atoms with Gasteiger partial charge in [-0.2, -0.15) is 0 Å². The molecule has 3 fully saturated rings. The Morgan fingerprint density at radius 3 is 2.14 bits per heavy atom. The van der Waals surface area contributed by atoms with Crippen LogP contribution in [-0.2, 0) is 14.3 Å². The lowest BCUT2D eigenvalue weighted by Gasteiger charge is -2.34. The van der Waals surface area contributed by atoms with Crippen molar-refractivity contribution in [2.24, 2.45) is 23.7 Å². The first-order chi connectivity index (χ1) is 17.0. The maximum Gasteiger partial charge on any atom is 0.407 e. The predicted molar refractivity (Wildman–Crippen MR) is 129 cm³/mol. The van der Waals surface area contributed by atoms with E-state index in [2.05, 4.69) is 29.6 Å². The van der Waals surface area contributed by atoms with E-state index in [4.69, 9.17) is 4.74 Å². The average Bonchev–Trinajstić information content (AvgIpc) is 3.22. The molecule has 2 amide bonds.